The average Bonchev–Trinajstić information content (AvgIpc) is 2.23. The summed E-state index contributed by atoms with van der Waals surface area (Å²) >= 11 is 0. The third-order valence-electron chi connectivity index (χ3n) is 3.87. The van der Waals surface area contributed by atoms with Gasteiger partial charge in [-0.3, -0.25) is 0 Å². The van der Waals surface area contributed by atoms with E-state index in [4.69, 9.17) is 0 Å². The van der Waals surface area contributed by atoms with Crippen molar-refractivity contribution in [1.29, 1.82) is 0 Å². The Morgan fingerprint density at radius 1 is 1.25 bits per heavy atom. The molecular formula is C14H30N2. The van der Waals surface area contributed by atoms with Gasteiger partial charge >= 0.3 is 0 Å². The molecule has 1 N–H and O–H groups in total. The Bertz CT molecular complexity index is 168. The van der Waals surface area contributed by atoms with Crippen molar-refractivity contribution in [3.63, 3.8) is 0 Å². The van der Waals surface area contributed by atoms with Crippen molar-refractivity contribution in [1.82, 2.24) is 10.2 Å². The van der Waals surface area contributed by atoms with Gasteiger partial charge in [0, 0.05) is 19.1 Å². The zero-order valence-electron chi connectivity index (χ0n) is 11.6. The minimum Gasteiger partial charge on any atom is -0.317 e. The molecule has 0 amide bonds. The zero-order chi connectivity index (χ0) is 12.0. The second kappa shape index (κ2) is 7.29. The number of rotatable bonds is 6. The van der Waals surface area contributed by atoms with E-state index in [-0.39, 0.29) is 0 Å². The number of piperidine rings is 1. The molecule has 0 aromatic carbocycles. The summed E-state index contributed by atoms with van der Waals surface area (Å²) in [6.45, 7) is 11.0. The summed E-state index contributed by atoms with van der Waals surface area (Å²) in [5, 5.41) is 3.39. The summed E-state index contributed by atoms with van der Waals surface area (Å²) in [5.74, 6) is 1.80. The number of nitrogens with one attached hydrogen (secondary N) is 1. The van der Waals surface area contributed by atoms with Crippen LogP contribution in [0.1, 0.15) is 46.5 Å². The lowest BCUT2D eigenvalue weighted by Crippen LogP contribution is -2.39. The molecule has 2 nitrogen and oxygen atoms in total. The average molecular weight is 226 g/mol. The van der Waals surface area contributed by atoms with Gasteiger partial charge in [0.15, 0.2) is 0 Å². The quantitative estimate of drug-likeness (QED) is 0.749. The van der Waals surface area contributed by atoms with E-state index in [0.29, 0.717) is 0 Å². The second-order valence-corrected chi connectivity index (χ2v) is 5.74. The van der Waals surface area contributed by atoms with Crippen LogP contribution in [0.2, 0.25) is 0 Å². The number of likely N-dealkylation sites (tertiary alicyclic amines) is 1. The highest BCUT2D eigenvalue weighted by atomic mass is 15.1. The molecule has 1 fully saturated rings. The van der Waals surface area contributed by atoms with Crippen LogP contribution < -0.4 is 5.32 Å². The normalized spacial score (nSPS) is 29.2. The topological polar surface area (TPSA) is 15.3 Å². The Morgan fingerprint density at radius 2 is 1.88 bits per heavy atom. The van der Waals surface area contributed by atoms with Crippen LogP contribution in [0.5, 0.6) is 0 Å². The minimum absolute atomic E-state index is 0.722. The van der Waals surface area contributed by atoms with Crippen LogP contribution in [-0.2, 0) is 0 Å². The van der Waals surface area contributed by atoms with Crippen LogP contribution in [0.15, 0.2) is 0 Å². The molecule has 1 heterocycles. The minimum atomic E-state index is 0.722. The summed E-state index contributed by atoms with van der Waals surface area (Å²) in [5.41, 5.74) is 0. The van der Waals surface area contributed by atoms with Gasteiger partial charge in [-0.25, -0.2) is 0 Å². The fraction of sp³-hybridized carbons (Fsp3) is 1.00. The second-order valence-electron chi connectivity index (χ2n) is 5.74. The van der Waals surface area contributed by atoms with E-state index < -0.39 is 0 Å². The Balaban J connectivity index is 2.16. The van der Waals surface area contributed by atoms with E-state index in [1.165, 1.54) is 45.3 Å². The van der Waals surface area contributed by atoms with E-state index in [1.807, 2.05) is 0 Å². The van der Waals surface area contributed by atoms with Crippen LogP contribution >= 0.6 is 0 Å². The highest BCUT2D eigenvalue weighted by Crippen LogP contribution is 2.21. The summed E-state index contributed by atoms with van der Waals surface area (Å²) in [7, 11) is 2.08. The van der Waals surface area contributed by atoms with Gasteiger partial charge in [0.2, 0.25) is 0 Å². The van der Waals surface area contributed by atoms with E-state index in [2.05, 4.69) is 38.0 Å². The molecule has 1 saturated heterocycles. The van der Waals surface area contributed by atoms with E-state index in [1.54, 1.807) is 0 Å². The Kier molecular flexibility index (Phi) is 6.37. The maximum atomic E-state index is 3.39. The SMILES string of the molecule is CCC(CCCN1CC(C)CC(C)C1)NC. The smallest absolute Gasteiger partial charge is 0.00619 e. The lowest BCUT2D eigenvalue weighted by molar-refractivity contribution is 0.138. The van der Waals surface area contributed by atoms with Crippen molar-refractivity contribution in [2.75, 3.05) is 26.7 Å². The predicted molar refractivity (Wildman–Crippen MR) is 71.8 cm³/mol. The first kappa shape index (κ1) is 14.0. The van der Waals surface area contributed by atoms with Gasteiger partial charge in [-0.05, 0) is 51.1 Å². The van der Waals surface area contributed by atoms with E-state index >= 15 is 0 Å². The standard InChI is InChI=1S/C14H30N2/c1-5-14(15-4)7-6-8-16-10-12(2)9-13(3)11-16/h12-15H,5-11H2,1-4H3. The van der Waals surface area contributed by atoms with E-state index in [0.717, 1.165) is 17.9 Å². The molecule has 0 aromatic rings. The summed E-state index contributed by atoms with van der Waals surface area (Å²) in [6.07, 6.45) is 5.35. The monoisotopic (exact) mass is 226 g/mol. The maximum Gasteiger partial charge on any atom is 0.00619 e. The molecule has 1 aliphatic rings. The molecule has 96 valence electrons. The van der Waals surface area contributed by atoms with Gasteiger partial charge in [-0.1, -0.05) is 20.8 Å². The van der Waals surface area contributed by atoms with E-state index in [9.17, 15) is 0 Å². The zero-order valence-corrected chi connectivity index (χ0v) is 11.6. The third-order valence-corrected chi connectivity index (χ3v) is 3.87. The van der Waals surface area contributed by atoms with Crippen molar-refractivity contribution in [3.8, 4) is 0 Å². The van der Waals surface area contributed by atoms with Gasteiger partial charge in [0.05, 0.1) is 0 Å². The highest BCUT2D eigenvalue weighted by Gasteiger charge is 2.21. The molecule has 1 aliphatic heterocycles. The Labute approximate surface area is 102 Å². The van der Waals surface area contributed by atoms with Gasteiger partial charge in [-0.15, -0.1) is 0 Å². The van der Waals surface area contributed by atoms with Crippen molar-refractivity contribution >= 4 is 0 Å². The van der Waals surface area contributed by atoms with Gasteiger partial charge in [0.1, 0.15) is 0 Å². The molecule has 0 bridgehead atoms. The van der Waals surface area contributed by atoms with Crippen LogP contribution in [0, 0.1) is 11.8 Å². The first-order chi connectivity index (χ1) is 7.65. The van der Waals surface area contributed by atoms with Crippen LogP contribution in [-0.4, -0.2) is 37.6 Å². The van der Waals surface area contributed by atoms with Gasteiger partial charge < -0.3 is 10.2 Å². The van der Waals surface area contributed by atoms with Crippen LogP contribution in [0.25, 0.3) is 0 Å². The Morgan fingerprint density at radius 3 is 2.38 bits per heavy atom. The number of hydrogen-bond acceptors (Lipinski definition) is 2. The van der Waals surface area contributed by atoms with Crippen molar-refractivity contribution in [2.24, 2.45) is 11.8 Å². The number of nitrogens with zero attached hydrogens (tertiary/aromatic N) is 1. The maximum absolute atomic E-state index is 3.39. The lowest BCUT2D eigenvalue weighted by Gasteiger charge is -2.35. The van der Waals surface area contributed by atoms with Crippen molar-refractivity contribution < 1.29 is 0 Å². The van der Waals surface area contributed by atoms with Crippen LogP contribution in [0.4, 0.5) is 0 Å². The molecule has 0 spiro atoms. The Hall–Kier alpha value is -0.0800. The third kappa shape index (κ3) is 4.84. The molecule has 2 heteroatoms. The molecule has 0 saturated carbocycles. The molecule has 0 radical (unpaired) electrons. The molecule has 1 rings (SSSR count). The first-order valence-corrected chi connectivity index (χ1v) is 7.05. The fourth-order valence-corrected chi connectivity index (χ4v) is 3.09. The summed E-state index contributed by atoms with van der Waals surface area (Å²) in [4.78, 5) is 2.67. The lowest BCUT2D eigenvalue weighted by atomic mass is 9.91. The number of hydrogen-bond donors (Lipinski definition) is 1. The largest absolute Gasteiger partial charge is 0.317 e. The molecule has 0 aromatic heterocycles. The first-order valence-electron chi connectivity index (χ1n) is 7.05. The van der Waals surface area contributed by atoms with Crippen LogP contribution in [0.3, 0.4) is 0 Å². The molecule has 16 heavy (non-hydrogen) atoms. The fourth-order valence-electron chi connectivity index (χ4n) is 3.09. The molecule has 3 unspecified atom stereocenters. The van der Waals surface area contributed by atoms with Gasteiger partial charge in [0.25, 0.3) is 0 Å². The van der Waals surface area contributed by atoms with Crippen molar-refractivity contribution in [2.45, 2.75) is 52.5 Å². The summed E-state index contributed by atoms with van der Waals surface area (Å²) < 4.78 is 0. The molecule has 3 atom stereocenters. The molecule has 0 aliphatic carbocycles. The van der Waals surface area contributed by atoms with Crippen molar-refractivity contribution in [3.05, 3.63) is 0 Å². The molecular weight excluding hydrogens is 196 g/mol. The highest BCUT2D eigenvalue weighted by molar-refractivity contribution is 4.75. The summed E-state index contributed by atoms with van der Waals surface area (Å²) in [6, 6.07) is 0.722. The van der Waals surface area contributed by atoms with Gasteiger partial charge in [-0.2, -0.15) is 0 Å². The predicted octanol–water partition coefficient (Wildman–Crippen LogP) is 2.74.